The van der Waals surface area contributed by atoms with Crippen molar-refractivity contribution in [3.8, 4) is 22.8 Å². The van der Waals surface area contributed by atoms with Crippen LogP contribution in [0.4, 0.5) is 5.82 Å². The van der Waals surface area contributed by atoms with Gasteiger partial charge < -0.3 is 15.2 Å². The third-order valence-electron chi connectivity index (χ3n) is 2.37. The second-order valence-electron chi connectivity index (χ2n) is 3.39. The predicted octanol–water partition coefficient (Wildman–Crippen LogP) is 1.74. The third kappa shape index (κ3) is 2.28. The van der Waals surface area contributed by atoms with Crippen LogP contribution in [0.3, 0.4) is 0 Å². The number of rotatable bonds is 3. The van der Waals surface area contributed by atoms with Gasteiger partial charge >= 0.3 is 0 Å². The average molecular weight is 231 g/mol. The Morgan fingerprint density at radius 2 is 1.88 bits per heavy atom. The van der Waals surface area contributed by atoms with Crippen molar-refractivity contribution in [3.63, 3.8) is 0 Å². The molecule has 0 aliphatic heterocycles. The molecule has 0 spiro atoms. The molecule has 2 rings (SSSR count). The summed E-state index contributed by atoms with van der Waals surface area (Å²) in [6, 6.07) is 7.19. The van der Waals surface area contributed by atoms with Crippen molar-refractivity contribution in [2.24, 2.45) is 0 Å². The maximum Gasteiger partial charge on any atom is 0.128 e. The lowest BCUT2D eigenvalue weighted by Crippen LogP contribution is -1.95. The highest BCUT2D eigenvalue weighted by Crippen LogP contribution is 2.32. The second-order valence-corrected chi connectivity index (χ2v) is 3.39. The minimum atomic E-state index is 0.417. The largest absolute Gasteiger partial charge is 0.497 e. The lowest BCUT2D eigenvalue weighted by Gasteiger charge is -2.09. The molecule has 5 nitrogen and oxygen atoms in total. The van der Waals surface area contributed by atoms with Crippen molar-refractivity contribution < 1.29 is 9.47 Å². The molecule has 5 heteroatoms. The van der Waals surface area contributed by atoms with Crippen molar-refractivity contribution in [1.82, 2.24) is 9.97 Å². The van der Waals surface area contributed by atoms with Crippen LogP contribution in [0.2, 0.25) is 0 Å². The molecule has 2 N–H and O–H groups in total. The van der Waals surface area contributed by atoms with Crippen LogP contribution in [-0.2, 0) is 0 Å². The van der Waals surface area contributed by atoms with E-state index in [1.54, 1.807) is 20.3 Å². The molecule has 0 aliphatic rings. The van der Waals surface area contributed by atoms with E-state index < -0.39 is 0 Å². The Balaban J connectivity index is 2.56. The first-order valence-corrected chi connectivity index (χ1v) is 5.04. The molecule has 0 bridgehead atoms. The highest BCUT2D eigenvalue weighted by Gasteiger charge is 2.09. The number of hydrogen-bond donors (Lipinski definition) is 1. The maximum absolute atomic E-state index is 5.63. The Morgan fingerprint density at radius 1 is 1.06 bits per heavy atom. The third-order valence-corrected chi connectivity index (χ3v) is 2.37. The monoisotopic (exact) mass is 231 g/mol. The molecule has 0 radical (unpaired) electrons. The molecule has 2 aromatic rings. The minimum absolute atomic E-state index is 0.417. The number of hydrogen-bond acceptors (Lipinski definition) is 5. The van der Waals surface area contributed by atoms with E-state index in [1.807, 2.05) is 18.2 Å². The first kappa shape index (κ1) is 11.2. The molecule has 1 aromatic carbocycles. The molecule has 0 unspecified atom stereocenters. The molecular formula is C12H13N3O2. The summed E-state index contributed by atoms with van der Waals surface area (Å²) >= 11 is 0. The van der Waals surface area contributed by atoms with Crippen molar-refractivity contribution >= 4 is 5.82 Å². The van der Waals surface area contributed by atoms with E-state index in [0.717, 1.165) is 11.3 Å². The number of anilines is 1. The van der Waals surface area contributed by atoms with Gasteiger partial charge in [0.25, 0.3) is 0 Å². The van der Waals surface area contributed by atoms with Gasteiger partial charge in [0.15, 0.2) is 0 Å². The van der Waals surface area contributed by atoms with Gasteiger partial charge in [0.2, 0.25) is 0 Å². The summed E-state index contributed by atoms with van der Waals surface area (Å²) in [7, 11) is 3.22. The first-order valence-electron chi connectivity index (χ1n) is 5.04. The molecule has 0 amide bonds. The van der Waals surface area contributed by atoms with Gasteiger partial charge in [-0.3, -0.25) is 0 Å². The summed E-state index contributed by atoms with van der Waals surface area (Å²) in [5.74, 6) is 1.86. The summed E-state index contributed by atoms with van der Waals surface area (Å²) in [5, 5.41) is 0. The van der Waals surface area contributed by atoms with Gasteiger partial charge in [0.1, 0.15) is 23.6 Å². The van der Waals surface area contributed by atoms with Crippen molar-refractivity contribution in [1.29, 1.82) is 0 Å². The van der Waals surface area contributed by atoms with Gasteiger partial charge in [-0.1, -0.05) is 0 Å². The van der Waals surface area contributed by atoms with E-state index in [4.69, 9.17) is 15.2 Å². The zero-order valence-electron chi connectivity index (χ0n) is 9.68. The van der Waals surface area contributed by atoms with Crippen molar-refractivity contribution in [2.45, 2.75) is 0 Å². The highest BCUT2D eigenvalue weighted by atomic mass is 16.5. The smallest absolute Gasteiger partial charge is 0.128 e. The van der Waals surface area contributed by atoms with Crippen LogP contribution >= 0.6 is 0 Å². The van der Waals surface area contributed by atoms with Gasteiger partial charge in [0, 0.05) is 11.6 Å². The van der Waals surface area contributed by atoms with Crippen molar-refractivity contribution in [2.75, 3.05) is 20.0 Å². The lowest BCUT2D eigenvalue weighted by molar-refractivity contribution is 0.404. The molecule has 17 heavy (non-hydrogen) atoms. The molecular weight excluding hydrogens is 218 g/mol. The summed E-state index contributed by atoms with van der Waals surface area (Å²) in [5.41, 5.74) is 7.16. The molecule has 0 saturated carbocycles. The summed E-state index contributed by atoms with van der Waals surface area (Å²) in [6.07, 6.45) is 1.42. The van der Waals surface area contributed by atoms with E-state index in [-0.39, 0.29) is 0 Å². The summed E-state index contributed by atoms with van der Waals surface area (Å²) in [4.78, 5) is 8.03. The van der Waals surface area contributed by atoms with Crippen LogP contribution in [-0.4, -0.2) is 24.2 Å². The number of ether oxygens (including phenoxy) is 2. The Labute approximate surface area is 99.2 Å². The van der Waals surface area contributed by atoms with Crippen LogP contribution in [0.5, 0.6) is 11.5 Å². The minimum Gasteiger partial charge on any atom is -0.497 e. The maximum atomic E-state index is 5.63. The number of aromatic nitrogens is 2. The van der Waals surface area contributed by atoms with Crippen LogP contribution in [0, 0.1) is 0 Å². The standard InChI is InChI=1S/C12H13N3O2/c1-16-8-3-4-11(17-2)9(5-8)10-6-12(13)15-7-14-10/h3-7H,1-2H3,(H2,13,14,15). The lowest BCUT2D eigenvalue weighted by atomic mass is 10.1. The Morgan fingerprint density at radius 3 is 2.53 bits per heavy atom. The quantitative estimate of drug-likeness (QED) is 0.871. The van der Waals surface area contributed by atoms with E-state index in [0.29, 0.717) is 17.3 Å². The van der Waals surface area contributed by atoms with Crippen molar-refractivity contribution in [3.05, 3.63) is 30.6 Å². The van der Waals surface area contributed by atoms with E-state index in [1.165, 1.54) is 6.33 Å². The number of nitrogen functional groups attached to an aromatic ring is 1. The van der Waals surface area contributed by atoms with Gasteiger partial charge in [0.05, 0.1) is 19.9 Å². The molecule has 1 heterocycles. The van der Waals surface area contributed by atoms with E-state index >= 15 is 0 Å². The molecule has 0 aliphatic carbocycles. The number of nitrogens with zero attached hydrogens (tertiary/aromatic N) is 2. The molecule has 88 valence electrons. The molecule has 0 saturated heterocycles. The SMILES string of the molecule is COc1ccc(OC)c(-c2cc(N)ncn2)c1. The summed E-state index contributed by atoms with van der Waals surface area (Å²) in [6.45, 7) is 0. The molecule has 1 aromatic heterocycles. The topological polar surface area (TPSA) is 70.3 Å². The van der Waals surface area contributed by atoms with Crippen LogP contribution in [0.25, 0.3) is 11.3 Å². The predicted molar refractivity (Wildman–Crippen MR) is 65.0 cm³/mol. The van der Waals surface area contributed by atoms with Gasteiger partial charge in [-0.2, -0.15) is 0 Å². The first-order chi connectivity index (χ1) is 8.24. The second kappa shape index (κ2) is 4.69. The zero-order valence-corrected chi connectivity index (χ0v) is 9.68. The van der Waals surface area contributed by atoms with Gasteiger partial charge in [-0.15, -0.1) is 0 Å². The number of benzene rings is 1. The van der Waals surface area contributed by atoms with Crippen LogP contribution in [0.1, 0.15) is 0 Å². The summed E-state index contributed by atoms with van der Waals surface area (Å²) < 4.78 is 10.5. The average Bonchev–Trinajstić information content (AvgIpc) is 2.38. The fraction of sp³-hybridized carbons (Fsp3) is 0.167. The Hall–Kier alpha value is -2.30. The van der Waals surface area contributed by atoms with Gasteiger partial charge in [-0.05, 0) is 18.2 Å². The Kier molecular flexibility index (Phi) is 3.09. The van der Waals surface area contributed by atoms with E-state index in [2.05, 4.69) is 9.97 Å². The zero-order chi connectivity index (χ0) is 12.3. The fourth-order valence-corrected chi connectivity index (χ4v) is 1.53. The number of nitrogens with two attached hydrogens (primary N) is 1. The fourth-order valence-electron chi connectivity index (χ4n) is 1.53. The number of methoxy groups -OCH3 is 2. The molecule has 0 atom stereocenters. The van der Waals surface area contributed by atoms with Crippen LogP contribution < -0.4 is 15.2 Å². The van der Waals surface area contributed by atoms with Gasteiger partial charge in [-0.25, -0.2) is 9.97 Å². The van der Waals surface area contributed by atoms with E-state index in [9.17, 15) is 0 Å². The molecule has 0 fully saturated rings. The van der Waals surface area contributed by atoms with Crippen LogP contribution in [0.15, 0.2) is 30.6 Å². The highest BCUT2D eigenvalue weighted by molar-refractivity contribution is 5.70. The normalized spacial score (nSPS) is 10.0. The Bertz CT molecular complexity index is 529.